The second-order valence-electron chi connectivity index (χ2n) is 11.9. The van der Waals surface area contributed by atoms with Crippen molar-refractivity contribution in [1.29, 1.82) is 0 Å². The van der Waals surface area contributed by atoms with E-state index in [1.54, 1.807) is 0 Å². The fourth-order valence-corrected chi connectivity index (χ4v) is 7.38. The van der Waals surface area contributed by atoms with Crippen LogP contribution in [0.4, 0.5) is 10.5 Å². The fourth-order valence-electron chi connectivity index (χ4n) is 7.38. The number of anilines is 1. The average Bonchev–Trinajstić information content (AvgIpc) is 2.93. The van der Waals surface area contributed by atoms with E-state index in [9.17, 15) is 4.79 Å². The summed E-state index contributed by atoms with van der Waals surface area (Å²) < 4.78 is 5.64. The van der Waals surface area contributed by atoms with Crippen LogP contribution in [0.1, 0.15) is 115 Å². The first-order valence-electron chi connectivity index (χ1n) is 15.5. The van der Waals surface area contributed by atoms with Gasteiger partial charge in [0.05, 0.1) is 0 Å². The third-order valence-corrected chi connectivity index (χ3v) is 9.43. The summed E-state index contributed by atoms with van der Waals surface area (Å²) in [5.41, 5.74) is 2.14. The van der Waals surface area contributed by atoms with Gasteiger partial charge in [0.25, 0.3) is 0 Å². The molecule has 3 aliphatic rings. The molecule has 2 saturated carbocycles. The van der Waals surface area contributed by atoms with Crippen LogP contribution < -0.4 is 5.32 Å². The van der Waals surface area contributed by atoms with Gasteiger partial charge in [-0.25, -0.2) is 4.79 Å². The Hall–Kier alpha value is -1.55. The van der Waals surface area contributed by atoms with E-state index in [1.807, 2.05) is 12.1 Å². The summed E-state index contributed by atoms with van der Waals surface area (Å²) in [6.45, 7) is 4.73. The van der Waals surface area contributed by atoms with Crippen molar-refractivity contribution in [3.63, 3.8) is 0 Å². The molecule has 1 aliphatic heterocycles. The molecule has 1 heterocycles. The zero-order valence-corrected chi connectivity index (χ0v) is 23.0. The van der Waals surface area contributed by atoms with Crippen molar-refractivity contribution >= 4 is 11.8 Å². The molecule has 1 saturated heterocycles. The summed E-state index contributed by atoms with van der Waals surface area (Å²) in [4.78, 5) is 15.1. The number of piperidine rings is 1. The number of rotatable bonds is 11. The molecule has 1 aromatic carbocycles. The number of benzene rings is 1. The number of hydrogen-bond donors (Lipinski definition) is 1. The van der Waals surface area contributed by atoms with Crippen LogP contribution in [0.5, 0.6) is 0 Å². The maximum absolute atomic E-state index is 12.4. The lowest BCUT2D eigenvalue weighted by atomic mass is 9.67. The van der Waals surface area contributed by atoms with Crippen LogP contribution in [-0.4, -0.2) is 36.7 Å². The van der Waals surface area contributed by atoms with Crippen molar-refractivity contribution < 1.29 is 9.53 Å². The highest BCUT2D eigenvalue weighted by Crippen LogP contribution is 2.43. The Labute approximate surface area is 220 Å². The topological polar surface area (TPSA) is 41.6 Å². The van der Waals surface area contributed by atoms with Crippen LogP contribution in [0.2, 0.25) is 0 Å². The van der Waals surface area contributed by atoms with Crippen LogP contribution in [0.25, 0.3) is 0 Å². The maximum atomic E-state index is 12.4. The van der Waals surface area contributed by atoms with Crippen LogP contribution in [0.3, 0.4) is 0 Å². The van der Waals surface area contributed by atoms with Crippen molar-refractivity contribution in [3.8, 4) is 0 Å². The average molecular weight is 497 g/mol. The van der Waals surface area contributed by atoms with E-state index in [-0.39, 0.29) is 6.09 Å². The predicted molar refractivity (Wildman–Crippen MR) is 150 cm³/mol. The molecule has 4 rings (SSSR count). The molecule has 202 valence electrons. The Kier molecular flexibility index (Phi) is 11.5. The van der Waals surface area contributed by atoms with Gasteiger partial charge in [0.1, 0.15) is 6.61 Å². The first-order chi connectivity index (χ1) is 17.7. The number of amides is 1. The minimum absolute atomic E-state index is 0.327. The number of nitrogens with zero attached hydrogens (tertiary/aromatic N) is 1. The van der Waals surface area contributed by atoms with Crippen LogP contribution in [0, 0.1) is 17.8 Å². The maximum Gasteiger partial charge on any atom is 0.411 e. The summed E-state index contributed by atoms with van der Waals surface area (Å²) in [5, 5.41) is 2.91. The molecular formula is C32H52N2O2. The Bertz CT molecular complexity index is 734. The van der Waals surface area contributed by atoms with Crippen LogP contribution in [-0.2, 0) is 11.2 Å². The smallest absolute Gasteiger partial charge is 0.411 e. The van der Waals surface area contributed by atoms with E-state index in [4.69, 9.17) is 4.74 Å². The zero-order valence-electron chi connectivity index (χ0n) is 23.0. The number of likely N-dealkylation sites (tertiary alicyclic amines) is 1. The predicted octanol–water partition coefficient (Wildman–Crippen LogP) is 8.60. The molecule has 0 bridgehead atoms. The van der Waals surface area contributed by atoms with Crippen molar-refractivity contribution in [1.82, 2.24) is 4.90 Å². The van der Waals surface area contributed by atoms with Gasteiger partial charge < -0.3 is 4.74 Å². The quantitative estimate of drug-likeness (QED) is 0.333. The molecular weight excluding hydrogens is 444 g/mol. The third-order valence-electron chi connectivity index (χ3n) is 9.43. The summed E-state index contributed by atoms with van der Waals surface area (Å²) in [6, 6.07) is 8.87. The van der Waals surface area contributed by atoms with E-state index in [0.29, 0.717) is 12.6 Å². The van der Waals surface area contributed by atoms with Gasteiger partial charge in [-0.2, -0.15) is 0 Å². The highest BCUT2D eigenvalue weighted by atomic mass is 16.5. The second-order valence-corrected chi connectivity index (χ2v) is 11.9. The van der Waals surface area contributed by atoms with E-state index >= 15 is 0 Å². The number of hydrogen-bond acceptors (Lipinski definition) is 3. The lowest BCUT2D eigenvalue weighted by molar-refractivity contribution is 0.0553. The van der Waals surface area contributed by atoms with E-state index < -0.39 is 0 Å². The minimum atomic E-state index is -0.327. The van der Waals surface area contributed by atoms with E-state index in [1.165, 1.54) is 108 Å². The zero-order chi connectivity index (χ0) is 25.0. The normalized spacial score (nSPS) is 22.6. The molecule has 1 N–H and O–H groups in total. The molecule has 0 radical (unpaired) electrons. The number of unbranched alkanes of at least 4 members (excludes halogenated alkanes) is 1. The van der Waals surface area contributed by atoms with Gasteiger partial charge in [0, 0.05) is 18.3 Å². The van der Waals surface area contributed by atoms with Gasteiger partial charge in [-0.3, -0.25) is 10.2 Å². The van der Waals surface area contributed by atoms with Crippen LogP contribution >= 0.6 is 0 Å². The number of carbonyl (C=O) groups excluding carboxylic acids is 1. The van der Waals surface area contributed by atoms with Crippen molar-refractivity contribution in [2.45, 2.75) is 122 Å². The lowest BCUT2D eigenvalue weighted by Gasteiger charge is -2.43. The molecule has 36 heavy (non-hydrogen) atoms. The van der Waals surface area contributed by atoms with Gasteiger partial charge >= 0.3 is 6.09 Å². The second kappa shape index (κ2) is 15.0. The summed E-state index contributed by atoms with van der Waals surface area (Å²) in [7, 11) is 0. The molecule has 1 aromatic rings. The Balaban J connectivity index is 1.25. The number of carbonyl (C=O) groups is 1. The summed E-state index contributed by atoms with van der Waals surface area (Å²) in [6.07, 6.45) is 23.1. The van der Waals surface area contributed by atoms with Gasteiger partial charge in [0.2, 0.25) is 0 Å². The Morgan fingerprint density at radius 1 is 0.917 bits per heavy atom. The van der Waals surface area contributed by atoms with Crippen molar-refractivity contribution in [2.24, 2.45) is 17.8 Å². The molecule has 4 nitrogen and oxygen atoms in total. The Morgan fingerprint density at radius 3 is 2.19 bits per heavy atom. The molecule has 4 heteroatoms. The first-order valence-corrected chi connectivity index (χ1v) is 15.5. The van der Waals surface area contributed by atoms with E-state index in [2.05, 4.69) is 29.3 Å². The number of aryl methyl sites for hydroxylation is 1. The fraction of sp³-hybridized carbons (Fsp3) is 0.781. The molecule has 1 amide bonds. The largest absolute Gasteiger partial charge is 0.448 e. The van der Waals surface area contributed by atoms with Crippen molar-refractivity contribution in [3.05, 3.63) is 29.8 Å². The van der Waals surface area contributed by atoms with Gasteiger partial charge in [0.15, 0.2) is 0 Å². The SMILES string of the molecule is CCCCc1ccc(NC(=O)OCCN2CCCCC2CC(C2CCCCC2)C2CCCCC2)cc1. The molecule has 0 spiro atoms. The number of nitrogens with one attached hydrogen (secondary N) is 1. The molecule has 1 atom stereocenters. The van der Waals surface area contributed by atoms with Crippen LogP contribution in [0.15, 0.2) is 24.3 Å². The van der Waals surface area contributed by atoms with E-state index in [0.717, 1.165) is 43.0 Å². The number of ether oxygens (including phenoxy) is 1. The summed E-state index contributed by atoms with van der Waals surface area (Å²) in [5.74, 6) is 2.84. The van der Waals surface area contributed by atoms with Gasteiger partial charge in [-0.1, -0.05) is 96.1 Å². The molecule has 3 fully saturated rings. The standard InChI is InChI=1S/C32H52N2O2/c1-2-3-12-26-18-20-29(21-19-26)33-32(35)36-24-23-34-22-11-10-17-30(34)25-31(27-13-6-4-7-14-27)28-15-8-5-9-16-28/h18-21,27-28,30-31H,2-17,22-25H2,1H3,(H,33,35). The first kappa shape index (κ1) is 27.5. The molecule has 0 aromatic heterocycles. The highest BCUT2D eigenvalue weighted by Gasteiger charge is 2.35. The third kappa shape index (κ3) is 8.50. The summed E-state index contributed by atoms with van der Waals surface area (Å²) >= 11 is 0. The minimum Gasteiger partial charge on any atom is -0.448 e. The monoisotopic (exact) mass is 496 g/mol. The molecule has 2 aliphatic carbocycles. The van der Waals surface area contributed by atoms with Crippen molar-refractivity contribution in [2.75, 3.05) is 25.0 Å². The Morgan fingerprint density at radius 2 is 1.56 bits per heavy atom. The van der Waals surface area contributed by atoms with Gasteiger partial charge in [-0.15, -0.1) is 0 Å². The lowest BCUT2D eigenvalue weighted by Crippen LogP contribution is -2.44. The highest BCUT2D eigenvalue weighted by molar-refractivity contribution is 5.84. The van der Waals surface area contributed by atoms with Gasteiger partial charge in [-0.05, 0) is 74.1 Å². The molecule has 1 unspecified atom stereocenters.